The highest BCUT2D eigenvalue weighted by Gasteiger charge is 2.52. The van der Waals surface area contributed by atoms with E-state index in [-0.39, 0.29) is 37.4 Å². The van der Waals surface area contributed by atoms with Crippen molar-refractivity contribution in [3.63, 3.8) is 0 Å². The molecule has 0 aliphatic carbocycles. The zero-order valence-corrected chi connectivity index (χ0v) is 23.3. The highest BCUT2D eigenvalue weighted by molar-refractivity contribution is 5.94. The zero-order chi connectivity index (χ0) is 28.6. The molecule has 2 aromatic carbocycles. The number of benzene rings is 2. The number of ether oxygens (including phenoxy) is 3. The molecule has 2 aliphatic heterocycles. The number of esters is 1. The first-order chi connectivity index (χ1) is 19.1. The van der Waals surface area contributed by atoms with Crippen LogP contribution in [0.25, 0.3) is 10.9 Å². The minimum absolute atomic E-state index is 0.0902. The summed E-state index contributed by atoms with van der Waals surface area (Å²) in [5.41, 5.74) is 2.41. The molecule has 212 valence electrons. The van der Waals surface area contributed by atoms with Crippen LogP contribution in [0.1, 0.15) is 56.5 Å². The van der Waals surface area contributed by atoms with E-state index in [1.807, 2.05) is 75.4 Å². The monoisotopic (exact) mass is 548 g/mol. The highest BCUT2D eigenvalue weighted by Crippen LogP contribution is 2.50. The van der Waals surface area contributed by atoms with Gasteiger partial charge >= 0.3 is 18.2 Å². The average Bonchev–Trinajstić information content (AvgIpc) is 3.25. The SMILES string of the molecule is COC(=O)CC1C[C@H]2c3c(c4ccccc4n3C(=O)OC(C)(C)C)C[C@@H]([C@@H]1CO)N2C(=O)OCc1ccccc1. The number of aromatic nitrogens is 1. The van der Waals surface area contributed by atoms with Crippen LogP contribution in [-0.4, -0.2) is 58.1 Å². The fourth-order valence-corrected chi connectivity index (χ4v) is 6.28. The summed E-state index contributed by atoms with van der Waals surface area (Å²) < 4.78 is 18.1. The molecule has 1 aromatic heterocycles. The zero-order valence-electron chi connectivity index (χ0n) is 23.3. The van der Waals surface area contributed by atoms with Crippen LogP contribution in [-0.2, 0) is 32.0 Å². The first kappa shape index (κ1) is 27.7. The first-order valence-electron chi connectivity index (χ1n) is 13.6. The van der Waals surface area contributed by atoms with Crippen molar-refractivity contribution in [3.05, 3.63) is 71.4 Å². The number of fused-ring (bicyclic) bond motifs is 6. The number of para-hydroxylation sites is 1. The molecule has 9 heteroatoms. The van der Waals surface area contributed by atoms with E-state index in [1.54, 1.807) is 9.47 Å². The second-order valence-electron chi connectivity index (χ2n) is 11.6. The van der Waals surface area contributed by atoms with Crippen molar-refractivity contribution in [2.45, 2.75) is 64.3 Å². The standard InChI is InChI=1S/C31H36N2O7/c1-31(2,3)40-30(37)33-24-13-9-8-12-21(24)22-16-25-23(17-34)20(15-27(35)38-4)14-26(28(22)33)32(25)29(36)39-18-19-10-6-5-7-11-19/h5-13,20,23,25-26,34H,14-18H2,1-4H3/t20?,23-,25+,26+/m1/s1. The van der Waals surface area contributed by atoms with Crippen LogP contribution in [0.2, 0.25) is 0 Å². The quantitative estimate of drug-likeness (QED) is 0.344. The van der Waals surface area contributed by atoms with Gasteiger partial charge in [0.1, 0.15) is 12.2 Å². The number of hydrogen-bond donors (Lipinski definition) is 1. The van der Waals surface area contributed by atoms with Gasteiger partial charge in [-0.15, -0.1) is 0 Å². The Morgan fingerprint density at radius 1 is 1.00 bits per heavy atom. The Morgan fingerprint density at radius 2 is 1.70 bits per heavy atom. The normalized spacial score (nSPS) is 22.0. The lowest BCUT2D eigenvalue weighted by atomic mass is 9.69. The number of carbonyl (C=O) groups is 3. The van der Waals surface area contributed by atoms with E-state index < -0.39 is 29.9 Å². The summed E-state index contributed by atoms with van der Waals surface area (Å²) in [7, 11) is 1.34. The van der Waals surface area contributed by atoms with Gasteiger partial charge in [0.15, 0.2) is 0 Å². The Labute approximate surface area is 233 Å². The maximum atomic E-state index is 13.8. The van der Waals surface area contributed by atoms with Gasteiger partial charge in [-0.2, -0.15) is 0 Å². The topological polar surface area (TPSA) is 107 Å². The molecule has 1 fully saturated rings. The van der Waals surface area contributed by atoms with Gasteiger partial charge in [-0.1, -0.05) is 48.5 Å². The van der Waals surface area contributed by atoms with Gasteiger partial charge in [-0.05, 0) is 56.7 Å². The predicted molar refractivity (Wildman–Crippen MR) is 148 cm³/mol. The summed E-state index contributed by atoms with van der Waals surface area (Å²) in [5, 5.41) is 11.4. The lowest BCUT2D eigenvalue weighted by molar-refractivity contribution is -0.144. The Kier molecular flexibility index (Phi) is 7.59. The lowest BCUT2D eigenvalue weighted by Crippen LogP contribution is -2.58. The van der Waals surface area contributed by atoms with Crippen molar-refractivity contribution in [1.29, 1.82) is 0 Å². The minimum Gasteiger partial charge on any atom is -0.469 e. The molecule has 3 heterocycles. The number of amides is 1. The molecule has 1 saturated heterocycles. The maximum Gasteiger partial charge on any atom is 0.419 e. The predicted octanol–water partition coefficient (Wildman–Crippen LogP) is 5.22. The number of aliphatic hydroxyl groups excluding tert-OH is 1. The van der Waals surface area contributed by atoms with Crippen LogP contribution in [0, 0.1) is 11.8 Å². The summed E-state index contributed by atoms with van der Waals surface area (Å²) in [5.74, 6) is -1.02. The summed E-state index contributed by atoms with van der Waals surface area (Å²) in [6.45, 7) is 5.32. The first-order valence-corrected chi connectivity index (χ1v) is 13.6. The molecule has 1 N–H and O–H groups in total. The number of carbonyl (C=O) groups excluding carboxylic acids is 3. The molecule has 1 unspecified atom stereocenters. The van der Waals surface area contributed by atoms with Gasteiger partial charge in [0, 0.05) is 30.4 Å². The largest absolute Gasteiger partial charge is 0.469 e. The molecule has 0 saturated carbocycles. The number of methoxy groups -OCH3 is 1. The Bertz CT molecular complexity index is 1410. The molecular weight excluding hydrogens is 512 g/mol. The molecular formula is C31H36N2O7. The lowest BCUT2D eigenvalue weighted by Gasteiger charge is -2.51. The van der Waals surface area contributed by atoms with Crippen LogP contribution in [0.3, 0.4) is 0 Å². The Morgan fingerprint density at radius 3 is 2.38 bits per heavy atom. The van der Waals surface area contributed by atoms with Gasteiger partial charge in [0.05, 0.1) is 24.4 Å². The number of rotatable bonds is 5. The number of aliphatic hydroxyl groups is 1. The van der Waals surface area contributed by atoms with Crippen molar-refractivity contribution in [3.8, 4) is 0 Å². The third kappa shape index (κ3) is 5.18. The molecule has 0 spiro atoms. The van der Waals surface area contributed by atoms with Crippen LogP contribution in [0.15, 0.2) is 54.6 Å². The maximum absolute atomic E-state index is 13.8. The van der Waals surface area contributed by atoms with Crippen LogP contribution in [0.4, 0.5) is 9.59 Å². The summed E-state index contributed by atoms with van der Waals surface area (Å²) in [6.07, 6.45) is -0.214. The molecule has 1 amide bonds. The fourth-order valence-electron chi connectivity index (χ4n) is 6.28. The van der Waals surface area contributed by atoms with Gasteiger partial charge in [0.2, 0.25) is 0 Å². The molecule has 9 nitrogen and oxygen atoms in total. The number of piperidine rings is 1. The molecule has 40 heavy (non-hydrogen) atoms. The van der Waals surface area contributed by atoms with Gasteiger partial charge in [-0.3, -0.25) is 9.69 Å². The molecule has 2 bridgehead atoms. The molecule has 5 rings (SSSR count). The second-order valence-corrected chi connectivity index (χ2v) is 11.6. The summed E-state index contributed by atoms with van der Waals surface area (Å²) in [4.78, 5) is 41.5. The van der Waals surface area contributed by atoms with Gasteiger partial charge < -0.3 is 19.3 Å². The van der Waals surface area contributed by atoms with E-state index in [1.165, 1.54) is 7.11 Å². The van der Waals surface area contributed by atoms with E-state index in [2.05, 4.69) is 0 Å². The van der Waals surface area contributed by atoms with Crippen LogP contribution in [0.5, 0.6) is 0 Å². The number of hydrogen-bond acceptors (Lipinski definition) is 7. The Balaban J connectivity index is 1.62. The van der Waals surface area contributed by atoms with Crippen molar-refractivity contribution in [2.24, 2.45) is 11.8 Å². The van der Waals surface area contributed by atoms with Crippen molar-refractivity contribution in [2.75, 3.05) is 13.7 Å². The van der Waals surface area contributed by atoms with Crippen molar-refractivity contribution >= 4 is 29.1 Å². The fraction of sp³-hybridized carbons (Fsp3) is 0.452. The summed E-state index contributed by atoms with van der Waals surface area (Å²) in [6, 6.07) is 16.0. The van der Waals surface area contributed by atoms with E-state index in [0.29, 0.717) is 24.1 Å². The van der Waals surface area contributed by atoms with E-state index >= 15 is 0 Å². The van der Waals surface area contributed by atoms with Crippen LogP contribution < -0.4 is 0 Å². The van der Waals surface area contributed by atoms with Crippen molar-refractivity contribution < 1.29 is 33.7 Å². The third-order valence-electron chi connectivity index (χ3n) is 7.93. The van der Waals surface area contributed by atoms with Crippen molar-refractivity contribution in [1.82, 2.24) is 9.47 Å². The van der Waals surface area contributed by atoms with Gasteiger partial charge in [-0.25, -0.2) is 14.2 Å². The Hall–Kier alpha value is -3.85. The third-order valence-corrected chi connectivity index (χ3v) is 7.93. The van der Waals surface area contributed by atoms with E-state index in [9.17, 15) is 19.5 Å². The second kappa shape index (κ2) is 11.0. The molecule has 0 radical (unpaired) electrons. The van der Waals surface area contributed by atoms with Gasteiger partial charge in [0.25, 0.3) is 0 Å². The number of nitrogens with zero attached hydrogens (tertiary/aromatic N) is 2. The van der Waals surface area contributed by atoms with E-state index in [0.717, 1.165) is 16.5 Å². The highest BCUT2D eigenvalue weighted by atomic mass is 16.6. The molecule has 3 aromatic rings. The van der Waals surface area contributed by atoms with Crippen LogP contribution >= 0.6 is 0 Å². The van der Waals surface area contributed by atoms with E-state index in [4.69, 9.17) is 14.2 Å². The smallest absolute Gasteiger partial charge is 0.419 e. The summed E-state index contributed by atoms with van der Waals surface area (Å²) >= 11 is 0. The minimum atomic E-state index is -0.733. The average molecular weight is 549 g/mol. The molecule has 4 atom stereocenters. The molecule has 2 aliphatic rings.